The second kappa shape index (κ2) is 5.83. The van der Waals surface area contributed by atoms with Gasteiger partial charge in [0.25, 0.3) is 0 Å². The van der Waals surface area contributed by atoms with Crippen molar-refractivity contribution >= 4 is 0 Å². The Kier molecular flexibility index (Phi) is 4.42. The molecule has 0 radical (unpaired) electrons. The van der Waals surface area contributed by atoms with Crippen LogP contribution in [0.15, 0.2) is 12.2 Å². The second-order valence-electron chi connectivity index (χ2n) is 5.62. The maximum absolute atomic E-state index is 5.56. The molecule has 0 saturated heterocycles. The Morgan fingerprint density at radius 3 is 3.06 bits per heavy atom. The van der Waals surface area contributed by atoms with Gasteiger partial charge in [-0.3, -0.25) is 0 Å². The van der Waals surface area contributed by atoms with Gasteiger partial charge in [-0.05, 0) is 43.6 Å². The van der Waals surface area contributed by atoms with E-state index in [-0.39, 0.29) is 0 Å². The molecule has 2 rings (SSSR count). The van der Waals surface area contributed by atoms with Gasteiger partial charge in [0.05, 0.1) is 0 Å². The predicted octanol–water partition coefficient (Wildman–Crippen LogP) is 2.60. The summed E-state index contributed by atoms with van der Waals surface area (Å²) in [5, 5.41) is 3.65. The number of hydrogen-bond donors (Lipinski definition) is 1. The van der Waals surface area contributed by atoms with Crippen LogP contribution in [0.3, 0.4) is 0 Å². The number of rotatable bonds is 7. The molecular formula is C14H25NO. The SMILES string of the molecule is CC(C)COCCCNC1CC2CC=CC21. The van der Waals surface area contributed by atoms with E-state index in [4.69, 9.17) is 4.74 Å². The third-order valence-corrected chi connectivity index (χ3v) is 3.69. The summed E-state index contributed by atoms with van der Waals surface area (Å²) in [5.74, 6) is 2.47. The fourth-order valence-corrected chi connectivity index (χ4v) is 2.73. The van der Waals surface area contributed by atoms with Gasteiger partial charge in [0.15, 0.2) is 0 Å². The van der Waals surface area contributed by atoms with Crippen LogP contribution in [0.1, 0.15) is 33.1 Å². The first-order chi connectivity index (χ1) is 7.77. The van der Waals surface area contributed by atoms with Crippen LogP contribution < -0.4 is 5.32 Å². The van der Waals surface area contributed by atoms with Crippen molar-refractivity contribution in [1.82, 2.24) is 5.32 Å². The lowest BCUT2D eigenvalue weighted by molar-refractivity contribution is 0.103. The van der Waals surface area contributed by atoms with Gasteiger partial charge in [-0.25, -0.2) is 0 Å². The Labute approximate surface area is 99.4 Å². The van der Waals surface area contributed by atoms with Crippen molar-refractivity contribution < 1.29 is 4.74 Å². The average Bonchev–Trinajstić information content (AvgIpc) is 2.58. The van der Waals surface area contributed by atoms with Crippen molar-refractivity contribution in [1.29, 1.82) is 0 Å². The van der Waals surface area contributed by atoms with Crippen LogP contribution in [0.5, 0.6) is 0 Å². The molecule has 0 aliphatic heterocycles. The highest BCUT2D eigenvalue weighted by molar-refractivity contribution is 5.12. The molecule has 0 spiro atoms. The van der Waals surface area contributed by atoms with E-state index >= 15 is 0 Å². The molecule has 2 aliphatic rings. The van der Waals surface area contributed by atoms with Gasteiger partial charge in [0.1, 0.15) is 0 Å². The lowest BCUT2D eigenvalue weighted by Crippen LogP contribution is -2.48. The molecule has 0 heterocycles. The molecule has 2 heteroatoms. The Morgan fingerprint density at radius 2 is 2.31 bits per heavy atom. The largest absolute Gasteiger partial charge is 0.381 e. The summed E-state index contributed by atoms with van der Waals surface area (Å²) in [4.78, 5) is 0. The second-order valence-corrected chi connectivity index (χ2v) is 5.62. The minimum atomic E-state index is 0.656. The number of nitrogens with one attached hydrogen (secondary N) is 1. The van der Waals surface area contributed by atoms with Crippen LogP contribution in [0.2, 0.25) is 0 Å². The zero-order chi connectivity index (χ0) is 11.4. The monoisotopic (exact) mass is 223 g/mol. The van der Waals surface area contributed by atoms with Crippen LogP contribution in [0, 0.1) is 17.8 Å². The molecule has 2 nitrogen and oxygen atoms in total. The highest BCUT2D eigenvalue weighted by Crippen LogP contribution is 2.42. The van der Waals surface area contributed by atoms with Gasteiger partial charge >= 0.3 is 0 Å². The third-order valence-electron chi connectivity index (χ3n) is 3.69. The molecule has 1 saturated carbocycles. The first-order valence-electron chi connectivity index (χ1n) is 6.75. The fraction of sp³-hybridized carbons (Fsp3) is 0.857. The highest BCUT2D eigenvalue weighted by atomic mass is 16.5. The van der Waals surface area contributed by atoms with Crippen molar-refractivity contribution in [3.63, 3.8) is 0 Å². The van der Waals surface area contributed by atoms with Crippen molar-refractivity contribution in [2.75, 3.05) is 19.8 Å². The standard InChI is InChI=1S/C14H25NO/c1-11(2)10-16-8-4-7-15-14-9-12-5-3-6-13(12)14/h3,6,11-15H,4-5,7-10H2,1-2H3. The molecule has 1 N–H and O–H groups in total. The molecule has 1 fully saturated rings. The third kappa shape index (κ3) is 3.08. The average molecular weight is 223 g/mol. The smallest absolute Gasteiger partial charge is 0.0489 e. The summed E-state index contributed by atoms with van der Waals surface area (Å²) < 4.78 is 5.56. The minimum absolute atomic E-state index is 0.656. The summed E-state index contributed by atoms with van der Waals surface area (Å²) in [7, 11) is 0. The fourth-order valence-electron chi connectivity index (χ4n) is 2.73. The number of hydrogen-bond acceptors (Lipinski definition) is 2. The van der Waals surface area contributed by atoms with E-state index < -0.39 is 0 Å². The van der Waals surface area contributed by atoms with Gasteiger partial charge in [-0.15, -0.1) is 0 Å². The van der Waals surface area contributed by atoms with E-state index in [1.165, 1.54) is 12.8 Å². The number of allylic oxidation sites excluding steroid dienone is 1. The van der Waals surface area contributed by atoms with E-state index in [9.17, 15) is 0 Å². The molecule has 3 atom stereocenters. The van der Waals surface area contributed by atoms with Crippen molar-refractivity contribution in [3.8, 4) is 0 Å². The molecule has 0 aromatic heterocycles. The van der Waals surface area contributed by atoms with Crippen molar-refractivity contribution in [3.05, 3.63) is 12.2 Å². The molecule has 0 aromatic rings. The lowest BCUT2D eigenvalue weighted by atomic mass is 9.71. The summed E-state index contributed by atoms with van der Waals surface area (Å²) in [6, 6.07) is 0.758. The summed E-state index contributed by atoms with van der Waals surface area (Å²) in [6.45, 7) is 7.30. The normalized spacial score (nSPS) is 31.8. The summed E-state index contributed by atoms with van der Waals surface area (Å²) in [5.41, 5.74) is 0. The predicted molar refractivity (Wildman–Crippen MR) is 67.4 cm³/mol. The van der Waals surface area contributed by atoms with Gasteiger partial charge in [0.2, 0.25) is 0 Å². The van der Waals surface area contributed by atoms with E-state index in [1.54, 1.807) is 0 Å². The lowest BCUT2D eigenvalue weighted by Gasteiger charge is -2.40. The van der Waals surface area contributed by atoms with Gasteiger partial charge in [-0.1, -0.05) is 26.0 Å². The zero-order valence-electron chi connectivity index (χ0n) is 10.6. The van der Waals surface area contributed by atoms with Crippen LogP contribution in [0.4, 0.5) is 0 Å². The van der Waals surface area contributed by atoms with Crippen LogP contribution >= 0.6 is 0 Å². The molecule has 16 heavy (non-hydrogen) atoms. The van der Waals surface area contributed by atoms with Gasteiger partial charge < -0.3 is 10.1 Å². The first kappa shape index (κ1) is 12.1. The molecule has 0 amide bonds. The Balaban J connectivity index is 1.45. The summed E-state index contributed by atoms with van der Waals surface area (Å²) in [6.07, 6.45) is 8.60. The molecule has 0 bridgehead atoms. The van der Waals surface area contributed by atoms with Gasteiger partial charge in [-0.2, -0.15) is 0 Å². The molecule has 92 valence electrons. The van der Waals surface area contributed by atoms with Crippen LogP contribution in [0.25, 0.3) is 0 Å². The van der Waals surface area contributed by atoms with E-state index in [2.05, 4.69) is 31.3 Å². The Morgan fingerprint density at radius 1 is 1.44 bits per heavy atom. The van der Waals surface area contributed by atoms with Crippen molar-refractivity contribution in [2.45, 2.75) is 39.2 Å². The van der Waals surface area contributed by atoms with Crippen LogP contribution in [-0.4, -0.2) is 25.8 Å². The summed E-state index contributed by atoms with van der Waals surface area (Å²) >= 11 is 0. The molecule has 0 aromatic carbocycles. The van der Waals surface area contributed by atoms with Crippen molar-refractivity contribution in [2.24, 2.45) is 17.8 Å². The van der Waals surface area contributed by atoms with E-state index in [0.717, 1.165) is 44.1 Å². The van der Waals surface area contributed by atoms with E-state index in [0.29, 0.717) is 5.92 Å². The molecule has 2 aliphatic carbocycles. The topological polar surface area (TPSA) is 21.3 Å². The van der Waals surface area contributed by atoms with E-state index in [1.807, 2.05) is 0 Å². The minimum Gasteiger partial charge on any atom is -0.381 e. The zero-order valence-corrected chi connectivity index (χ0v) is 10.6. The molecular weight excluding hydrogens is 198 g/mol. The highest BCUT2D eigenvalue weighted by Gasteiger charge is 2.40. The maximum Gasteiger partial charge on any atom is 0.0489 e. The van der Waals surface area contributed by atoms with Crippen LogP contribution in [-0.2, 0) is 4.74 Å². The number of fused-ring (bicyclic) bond motifs is 1. The Bertz CT molecular complexity index is 237. The number of ether oxygens (including phenoxy) is 1. The first-order valence-corrected chi connectivity index (χ1v) is 6.75. The quantitative estimate of drug-likeness (QED) is 0.529. The maximum atomic E-state index is 5.56. The molecule has 3 unspecified atom stereocenters. The Hall–Kier alpha value is -0.340. The van der Waals surface area contributed by atoms with Gasteiger partial charge in [0, 0.05) is 19.3 Å².